The fourth-order valence-electron chi connectivity index (χ4n) is 3.30. The highest BCUT2D eigenvalue weighted by Gasteiger charge is 2.27. The van der Waals surface area contributed by atoms with Gasteiger partial charge in [-0.2, -0.15) is 0 Å². The third-order valence-electron chi connectivity index (χ3n) is 4.62. The first kappa shape index (κ1) is 20.5. The van der Waals surface area contributed by atoms with Gasteiger partial charge >= 0.3 is 0 Å². The molecule has 1 unspecified atom stereocenters. The van der Waals surface area contributed by atoms with Crippen molar-refractivity contribution < 1.29 is 18.7 Å². The van der Waals surface area contributed by atoms with Gasteiger partial charge in [-0.1, -0.05) is 12.1 Å². The van der Waals surface area contributed by atoms with Crippen molar-refractivity contribution >= 4 is 27.7 Å². The zero-order valence-electron chi connectivity index (χ0n) is 16.1. The number of hydrogen-bond acceptors (Lipinski definition) is 4. The molecule has 1 aliphatic heterocycles. The van der Waals surface area contributed by atoms with E-state index in [9.17, 15) is 9.59 Å². The molecule has 0 radical (unpaired) electrons. The maximum atomic E-state index is 12.6. The lowest BCUT2D eigenvalue weighted by Crippen LogP contribution is -2.41. The van der Waals surface area contributed by atoms with E-state index in [4.69, 9.17) is 9.15 Å². The van der Waals surface area contributed by atoms with Crippen molar-refractivity contribution in [2.45, 2.75) is 32.7 Å². The second-order valence-electron chi connectivity index (χ2n) is 7.30. The van der Waals surface area contributed by atoms with Crippen LogP contribution < -0.4 is 10.1 Å². The number of benzene rings is 1. The summed E-state index contributed by atoms with van der Waals surface area (Å²) in [5.74, 6) is 0.863. The number of likely N-dealkylation sites (tertiary alicyclic amines) is 1. The zero-order valence-corrected chi connectivity index (χ0v) is 17.7. The molecule has 6 nitrogen and oxygen atoms in total. The second kappa shape index (κ2) is 9.28. The summed E-state index contributed by atoms with van der Waals surface area (Å²) in [6.45, 7) is 5.62. The molecule has 2 aromatic rings. The van der Waals surface area contributed by atoms with Gasteiger partial charge in [0.15, 0.2) is 10.4 Å². The molecule has 0 spiro atoms. The Morgan fingerprint density at radius 1 is 1.29 bits per heavy atom. The molecule has 1 aliphatic rings. The van der Waals surface area contributed by atoms with E-state index in [0.29, 0.717) is 41.4 Å². The number of ether oxygens (including phenoxy) is 1. The molecule has 0 saturated carbocycles. The zero-order chi connectivity index (χ0) is 20.1. The van der Waals surface area contributed by atoms with Crippen molar-refractivity contribution in [2.24, 2.45) is 5.92 Å². The summed E-state index contributed by atoms with van der Waals surface area (Å²) < 4.78 is 11.9. The first-order valence-electron chi connectivity index (χ1n) is 9.51. The van der Waals surface area contributed by atoms with E-state index in [0.717, 1.165) is 12.8 Å². The number of carbonyl (C=O) groups excluding carboxylic acids is 2. The molecule has 0 bridgehead atoms. The molecule has 0 aliphatic carbocycles. The van der Waals surface area contributed by atoms with Gasteiger partial charge in [0, 0.05) is 25.0 Å². The highest BCUT2D eigenvalue weighted by molar-refractivity contribution is 9.10. The van der Waals surface area contributed by atoms with Crippen LogP contribution in [0.4, 0.5) is 0 Å². The number of amides is 2. The van der Waals surface area contributed by atoms with Crippen LogP contribution in [0, 0.1) is 5.92 Å². The minimum absolute atomic E-state index is 0.0557. The monoisotopic (exact) mass is 448 g/mol. The van der Waals surface area contributed by atoms with Crippen molar-refractivity contribution in [3.8, 4) is 5.75 Å². The minimum atomic E-state index is -0.144. The maximum absolute atomic E-state index is 12.6. The van der Waals surface area contributed by atoms with Crippen LogP contribution in [0.15, 0.2) is 45.5 Å². The standard InChI is InChI=1S/C21H25BrN2O4/c1-14(2)23-20(25)16-7-3-4-8-17(16)27-13-15-6-5-11-24(12-15)21(26)18-9-10-19(22)28-18/h3-4,7-10,14-15H,5-6,11-13H2,1-2H3,(H,23,25). The van der Waals surface area contributed by atoms with E-state index in [1.807, 2.05) is 26.0 Å². The Bertz CT molecular complexity index is 833. The molecular weight excluding hydrogens is 424 g/mol. The summed E-state index contributed by atoms with van der Waals surface area (Å²) in [6.07, 6.45) is 1.89. The van der Waals surface area contributed by atoms with Crippen molar-refractivity contribution in [1.29, 1.82) is 0 Å². The Kier molecular flexibility index (Phi) is 6.78. The van der Waals surface area contributed by atoms with Crippen LogP contribution in [0.2, 0.25) is 0 Å². The molecule has 28 heavy (non-hydrogen) atoms. The van der Waals surface area contributed by atoms with Crippen LogP contribution in [0.5, 0.6) is 5.75 Å². The van der Waals surface area contributed by atoms with Gasteiger partial charge in [-0.25, -0.2) is 0 Å². The average molecular weight is 449 g/mol. The lowest BCUT2D eigenvalue weighted by molar-refractivity contribution is 0.0600. The van der Waals surface area contributed by atoms with Crippen molar-refractivity contribution in [3.05, 3.63) is 52.4 Å². The topological polar surface area (TPSA) is 71.8 Å². The van der Waals surface area contributed by atoms with Crippen LogP contribution in [0.1, 0.15) is 47.6 Å². The summed E-state index contributed by atoms with van der Waals surface area (Å²) >= 11 is 3.23. The third-order valence-corrected chi connectivity index (χ3v) is 5.04. The number of nitrogens with zero attached hydrogens (tertiary/aromatic N) is 1. The number of nitrogens with one attached hydrogen (secondary N) is 1. The van der Waals surface area contributed by atoms with Crippen LogP contribution in [-0.4, -0.2) is 42.5 Å². The van der Waals surface area contributed by atoms with Crippen LogP contribution in [-0.2, 0) is 0 Å². The van der Waals surface area contributed by atoms with E-state index in [-0.39, 0.29) is 23.8 Å². The van der Waals surface area contributed by atoms with E-state index in [1.165, 1.54) is 0 Å². The summed E-state index contributed by atoms with van der Waals surface area (Å²) in [6, 6.07) is 10.7. The van der Waals surface area contributed by atoms with Crippen molar-refractivity contribution in [1.82, 2.24) is 10.2 Å². The Morgan fingerprint density at radius 2 is 2.07 bits per heavy atom. The Hall–Kier alpha value is -2.28. The summed E-state index contributed by atoms with van der Waals surface area (Å²) in [7, 11) is 0. The van der Waals surface area contributed by atoms with Crippen molar-refractivity contribution in [2.75, 3.05) is 19.7 Å². The lowest BCUT2D eigenvalue weighted by Gasteiger charge is -2.32. The first-order chi connectivity index (χ1) is 13.4. The van der Waals surface area contributed by atoms with E-state index >= 15 is 0 Å². The van der Waals surface area contributed by atoms with Gasteiger partial charge in [-0.3, -0.25) is 9.59 Å². The van der Waals surface area contributed by atoms with Gasteiger partial charge in [0.2, 0.25) is 0 Å². The summed E-state index contributed by atoms with van der Waals surface area (Å²) in [5, 5.41) is 2.89. The Balaban J connectivity index is 1.60. The first-order valence-corrected chi connectivity index (χ1v) is 10.3. The van der Waals surface area contributed by atoms with Crippen LogP contribution in [0.3, 0.4) is 0 Å². The van der Waals surface area contributed by atoms with Gasteiger partial charge in [-0.05, 0) is 66.9 Å². The molecule has 2 heterocycles. The molecular formula is C21H25BrN2O4. The predicted octanol–water partition coefficient (Wildman–Crippen LogP) is 4.11. The lowest BCUT2D eigenvalue weighted by atomic mass is 9.98. The second-order valence-corrected chi connectivity index (χ2v) is 8.08. The molecule has 1 aromatic carbocycles. The SMILES string of the molecule is CC(C)NC(=O)c1ccccc1OCC1CCCN(C(=O)c2ccc(Br)o2)C1. The van der Waals surface area contributed by atoms with Gasteiger partial charge in [0.1, 0.15) is 5.75 Å². The molecule has 1 atom stereocenters. The molecule has 1 saturated heterocycles. The molecule has 150 valence electrons. The molecule has 1 aromatic heterocycles. The maximum Gasteiger partial charge on any atom is 0.289 e. The fourth-order valence-corrected chi connectivity index (χ4v) is 3.60. The number of piperidine rings is 1. The van der Waals surface area contributed by atoms with Gasteiger partial charge < -0.3 is 19.4 Å². The number of furan rings is 1. The third kappa shape index (κ3) is 5.16. The smallest absolute Gasteiger partial charge is 0.289 e. The quantitative estimate of drug-likeness (QED) is 0.721. The predicted molar refractivity (Wildman–Crippen MR) is 110 cm³/mol. The number of carbonyl (C=O) groups is 2. The number of para-hydroxylation sites is 1. The summed E-state index contributed by atoms with van der Waals surface area (Å²) in [4.78, 5) is 26.8. The minimum Gasteiger partial charge on any atom is -0.492 e. The van der Waals surface area contributed by atoms with Gasteiger partial charge in [-0.15, -0.1) is 0 Å². The molecule has 7 heteroatoms. The van der Waals surface area contributed by atoms with E-state index in [1.54, 1.807) is 29.2 Å². The number of rotatable bonds is 6. The average Bonchev–Trinajstić information content (AvgIpc) is 3.12. The fraction of sp³-hybridized carbons (Fsp3) is 0.429. The summed E-state index contributed by atoms with van der Waals surface area (Å²) in [5.41, 5.74) is 0.528. The van der Waals surface area contributed by atoms with E-state index in [2.05, 4.69) is 21.2 Å². The normalized spacial score (nSPS) is 16.9. The molecule has 1 fully saturated rings. The van der Waals surface area contributed by atoms with E-state index < -0.39 is 0 Å². The number of hydrogen-bond donors (Lipinski definition) is 1. The molecule has 1 N–H and O–H groups in total. The van der Waals surface area contributed by atoms with Crippen LogP contribution in [0.25, 0.3) is 0 Å². The molecule has 2 amide bonds. The van der Waals surface area contributed by atoms with Gasteiger partial charge in [0.05, 0.1) is 12.2 Å². The number of halogens is 1. The van der Waals surface area contributed by atoms with Crippen LogP contribution >= 0.6 is 15.9 Å². The Labute approximate surface area is 173 Å². The highest BCUT2D eigenvalue weighted by Crippen LogP contribution is 2.24. The largest absolute Gasteiger partial charge is 0.492 e. The Morgan fingerprint density at radius 3 is 2.79 bits per heavy atom. The molecule has 3 rings (SSSR count). The van der Waals surface area contributed by atoms with Crippen molar-refractivity contribution in [3.63, 3.8) is 0 Å². The van der Waals surface area contributed by atoms with Gasteiger partial charge in [0.25, 0.3) is 11.8 Å². The highest BCUT2D eigenvalue weighted by atomic mass is 79.9.